The Balaban J connectivity index is 1.82. The summed E-state index contributed by atoms with van der Waals surface area (Å²) in [5, 5.41) is 12.0. The van der Waals surface area contributed by atoms with Gasteiger partial charge in [-0.3, -0.25) is 10.1 Å². The lowest BCUT2D eigenvalue weighted by Gasteiger charge is -2.26. The first-order valence-electron chi connectivity index (χ1n) is 8.74. The van der Waals surface area contributed by atoms with Gasteiger partial charge in [0.05, 0.1) is 18.1 Å². The molecule has 1 fully saturated rings. The normalized spacial score (nSPS) is 15.6. The lowest BCUT2D eigenvalue weighted by atomic mass is 10.1. The highest BCUT2D eigenvalue weighted by molar-refractivity contribution is 7.89. The van der Waals surface area contributed by atoms with Crippen LogP contribution >= 0.6 is 11.3 Å². The molecule has 8 nitrogen and oxygen atoms in total. The fourth-order valence-electron chi connectivity index (χ4n) is 2.73. The van der Waals surface area contributed by atoms with Crippen molar-refractivity contribution in [2.75, 3.05) is 31.6 Å². The summed E-state index contributed by atoms with van der Waals surface area (Å²) in [6.07, 6.45) is 1.75. The molecule has 10 heteroatoms. The zero-order valence-corrected chi connectivity index (χ0v) is 16.9. The highest BCUT2D eigenvalue weighted by atomic mass is 32.2. The number of anilines is 1. The molecule has 1 N–H and O–H groups in total. The summed E-state index contributed by atoms with van der Waals surface area (Å²) in [5.41, 5.74) is 0.989. The number of hydrogen-bond acceptors (Lipinski definition) is 7. The van der Waals surface area contributed by atoms with Gasteiger partial charge in [-0.2, -0.15) is 4.31 Å². The van der Waals surface area contributed by atoms with Crippen molar-refractivity contribution in [3.8, 4) is 0 Å². The standard InChI is InChI=1S/C17H22N4O4S2/c1-3-4-15-19-20-17(26-15)18-16(22)14-11-13(6-5-12(14)2)27(23,24)21-7-9-25-10-8-21/h5-6,11H,3-4,7-10H2,1-2H3,(H,18,20,22). The third kappa shape index (κ3) is 4.52. The number of amides is 1. The van der Waals surface area contributed by atoms with Crippen LogP contribution in [-0.4, -0.2) is 55.1 Å². The number of rotatable bonds is 6. The Hall–Kier alpha value is -1.88. The predicted molar refractivity (Wildman–Crippen MR) is 103 cm³/mol. The molecular weight excluding hydrogens is 388 g/mol. The van der Waals surface area contributed by atoms with Crippen molar-refractivity contribution in [1.29, 1.82) is 0 Å². The van der Waals surface area contributed by atoms with Crippen LogP contribution in [0.1, 0.15) is 34.3 Å². The summed E-state index contributed by atoms with van der Waals surface area (Å²) in [5.74, 6) is -0.397. The van der Waals surface area contributed by atoms with Crippen molar-refractivity contribution in [3.05, 3.63) is 34.3 Å². The number of nitrogens with zero attached hydrogens (tertiary/aromatic N) is 3. The van der Waals surface area contributed by atoms with E-state index in [1.54, 1.807) is 13.0 Å². The molecule has 27 heavy (non-hydrogen) atoms. The van der Waals surface area contributed by atoms with E-state index in [0.717, 1.165) is 17.8 Å². The molecule has 0 aliphatic carbocycles. The molecule has 1 saturated heterocycles. The molecule has 146 valence electrons. The number of carbonyl (C=O) groups excluding carboxylic acids is 1. The largest absolute Gasteiger partial charge is 0.379 e. The van der Waals surface area contributed by atoms with E-state index < -0.39 is 15.9 Å². The van der Waals surface area contributed by atoms with E-state index in [2.05, 4.69) is 15.5 Å². The molecule has 2 aromatic rings. The van der Waals surface area contributed by atoms with Crippen molar-refractivity contribution in [1.82, 2.24) is 14.5 Å². The number of aryl methyl sites for hydroxylation is 2. The Kier molecular flexibility index (Phi) is 6.20. The molecule has 3 rings (SSSR count). The van der Waals surface area contributed by atoms with Crippen LogP contribution in [0.2, 0.25) is 0 Å². The maximum Gasteiger partial charge on any atom is 0.257 e. The van der Waals surface area contributed by atoms with E-state index in [1.165, 1.54) is 27.8 Å². The number of aromatic nitrogens is 2. The van der Waals surface area contributed by atoms with Crippen molar-refractivity contribution in [2.45, 2.75) is 31.6 Å². The number of nitrogens with one attached hydrogen (secondary N) is 1. The number of ether oxygens (including phenoxy) is 1. The molecule has 0 bridgehead atoms. The minimum absolute atomic E-state index is 0.101. The summed E-state index contributed by atoms with van der Waals surface area (Å²) < 4.78 is 32.2. The molecule has 1 aromatic heterocycles. The SMILES string of the molecule is CCCc1nnc(NC(=O)c2cc(S(=O)(=O)N3CCOCC3)ccc2C)s1. The lowest BCUT2D eigenvalue weighted by molar-refractivity contribution is 0.0730. The summed E-state index contributed by atoms with van der Waals surface area (Å²) in [6.45, 7) is 5.17. The minimum atomic E-state index is -3.66. The average Bonchev–Trinajstić information content (AvgIpc) is 3.10. The van der Waals surface area contributed by atoms with Crippen LogP contribution in [0.5, 0.6) is 0 Å². The molecular formula is C17H22N4O4S2. The molecule has 0 spiro atoms. The van der Waals surface area contributed by atoms with Gasteiger partial charge in [0, 0.05) is 25.1 Å². The third-order valence-corrected chi connectivity index (χ3v) is 7.01. The second-order valence-corrected chi connectivity index (χ2v) is 9.20. The summed E-state index contributed by atoms with van der Waals surface area (Å²) in [4.78, 5) is 12.8. The van der Waals surface area contributed by atoms with Crippen molar-refractivity contribution in [2.24, 2.45) is 0 Å². The monoisotopic (exact) mass is 410 g/mol. The van der Waals surface area contributed by atoms with Crippen LogP contribution in [0, 0.1) is 6.92 Å². The van der Waals surface area contributed by atoms with E-state index in [1.807, 2.05) is 6.92 Å². The summed E-state index contributed by atoms with van der Waals surface area (Å²) >= 11 is 1.32. The Morgan fingerprint density at radius 3 is 2.74 bits per heavy atom. The van der Waals surface area contributed by atoms with Gasteiger partial charge in [-0.25, -0.2) is 8.42 Å². The second-order valence-electron chi connectivity index (χ2n) is 6.20. The Bertz CT molecular complexity index is 921. The molecule has 0 radical (unpaired) electrons. The van der Waals surface area contributed by atoms with Crippen LogP contribution in [0.3, 0.4) is 0 Å². The highest BCUT2D eigenvalue weighted by Crippen LogP contribution is 2.22. The van der Waals surface area contributed by atoms with Crippen LogP contribution in [-0.2, 0) is 21.2 Å². The Morgan fingerprint density at radius 2 is 2.04 bits per heavy atom. The van der Waals surface area contributed by atoms with Gasteiger partial charge in [-0.05, 0) is 31.0 Å². The van der Waals surface area contributed by atoms with Crippen molar-refractivity contribution >= 4 is 32.4 Å². The molecule has 1 aromatic carbocycles. The third-order valence-electron chi connectivity index (χ3n) is 4.21. The van der Waals surface area contributed by atoms with Gasteiger partial charge in [0.15, 0.2) is 0 Å². The van der Waals surface area contributed by atoms with Crippen LogP contribution in [0.15, 0.2) is 23.1 Å². The van der Waals surface area contributed by atoms with Crippen molar-refractivity contribution in [3.63, 3.8) is 0 Å². The Labute approximate surface area is 162 Å². The van der Waals surface area contributed by atoms with Gasteiger partial charge in [0.1, 0.15) is 5.01 Å². The fraction of sp³-hybridized carbons (Fsp3) is 0.471. The molecule has 1 amide bonds. The van der Waals surface area contributed by atoms with Gasteiger partial charge < -0.3 is 4.74 Å². The number of carbonyl (C=O) groups is 1. The number of morpholine rings is 1. The van der Waals surface area contributed by atoms with Gasteiger partial charge in [0.2, 0.25) is 15.2 Å². The zero-order chi connectivity index (χ0) is 19.4. The minimum Gasteiger partial charge on any atom is -0.379 e. The van der Waals surface area contributed by atoms with Crippen LogP contribution < -0.4 is 5.32 Å². The lowest BCUT2D eigenvalue weighted by Crippen LogP contribution is -2.40. The smallest absolute Gasteiger partial charge is 0.257 e. The molecule has 0 unspecified atom stereocenters. The number of benzene rings is 1. The highest BCUT2D eigenvalue weighted by Gasteiger charge is 2.27. The van der Waals surface area contributed by atoms with Gasteiger partial charge in [0.25, 0.3) is 5.91 Å². The van der Waals surface area contributed by atoms with Crippen LogP contribution in [0.4, 0.5) is 5.13 Å². The molecule has 0 atom stereocenters. The first kappa shape index (κ1) is 19.9. The van der Waals surface area contributed by atoms with Crippen LogP contribution in [0.25, 0.3) is 0 Å². The average molecular weight is 411 g/mol. The first-order chi connectivity index (χ1) is 12.9. The van der Waals surface area contributed by atoms with Gasteiger partial charge >= 0.3 is 0 Å². The van der Waals surface area contributed by atoms with Crippen molar-refractivity contribution < 1.29 is 17.9 Å². The maximum absolute atomic E-state index is 12.8. The number of sulfonamides is 1. The van der Waals surface area contributed by atoms with E-state index in [-0.39, 0.29) is 4.90 Å². The van der Waals surface area contributed by atoms with E-state index >= 15 is 0 Å². The second kappa shape index (κ2) is 8.42. The van der Waals surface area contributed by atoms with Gasteiger partial charge in [-0.1, -0.05) is 24.3 Å². The molecule has 2 heterocycles. The molecule has 1 aliphatic heterocycles. The summed E-state index contributed by atoms with van der Waals surface area (Å²) in [6, 6.07) is 4.59. The molecule has 1 aliphatic rings. The fourth-order valence-corrected chi connectivity index (χ4v) is 5.00. The topological polar surface area (TPSA) is 101 Å². The Morgan fingerprint density at radius 1 is 1.30 bits per heavy atom. The van der Waals surface area contributed by atoms with E-state index in [0.29, 0.717) is 42.6 Å². The maximum atomic E-state index is 12.8. The van der Waals surface area contributed by atoms with Gasteiger partial charge in [-0.15, -0.1) is 10.2 Å². The molecule has 0 saturated carbocycles. The van der Waals surface area contributed by atoms with E-state index in [4.69, 9.17) is 4.74 Å². The zero-order valence-electron chi connectivity index (χ0n) is 15.3. The first-order valence-corrected chi connectivity index (χ1v) is 11.0. The van der Waals surface area contributed by atoms with E-state index in [9.17, 15) is 13.2 Å². The predicted octanol–water partition coefficient (Wildman–Crippen LogP) is 2.07. The summed E-state index contributed by atoms with van der Waals surface area (Å²) in [7, 11) is -3.66. The number of hydrogen-bond donors (Lipinski definition) is 1. The quantitative estimate of drug-likeness (QED) is 0.782.